The number of rotatable bonds is 5. The van der Waals surface area contributed by atoms with Crippen molar-refractivity contribution in [1.29, 1.82) is 0 Å². The van der Waals surface area contributed by atoms with Crippen LogP contribution < -0.4 is 11.1 Å². The Balaban J connectivity index is 0.00000166. The van der Waals surface area contributed by atoms with E-state index in [1.165, 1.54) is 11.6 Å². The average molecular weight is 456 g/mol. The molecule has 1 aliphatic heterocycles. The van der Waals surface area contributed by atoms with Crippen molar-refractivity contribution < 1.29 is 13.6 Å². The van der Waals surface area contributed by atoms with Crippen LogP contribution in [0.25, 0.3) is 0 Å². The molecule has 3 N–H and O–H groups in total. The van der Waals surface area contributed by atoms with Crippen molar-refractivity contribution in [2.75, 3.05) is 26.2 Å². The number of hydrogen-bond acceptors (Lipinski definition) is 3. The van der Waals surface area contributed by atoms with Crippen LogP contribution in [0.3, 0.4) is 0 Å². The number of carbonyl (C=O) groups is 1. The number of amides is 1. The van der Waals surface area contributed by atoms with Crippen LogP contribution in [0, 0.1) is 11.2 Å². The van der Waals surface area contributed by atoms with Crippen LogP contribution in [0.2, 0.25) is 5.02 Å². The van der Waals surface area contributed by atoms with E-state index in [-0.39, 0.29) is 28.6 Å². The Morgan fingerprint density at radius 3 is 2.48 bits per heavy atom. The number of alkyl halides is 1. The number of nitrogens with one attached hydrogen (secondary N) is 1. The third-order valence-electron chi connectivity index (χ3n) is 6.22. The summed E-state index contributed by atoms with van der Waals surface area (Å²) in [5.41, 5.74) is 6.30. The summed E-state index contributed by atoms with van der Waals surface area (Å²) in [5, 5.41) is 2.73. The fourth-order valence-electron chi connectivity index (χ4n) is 4.12. The molecule has 1 aromatic carbocycles. The second-order valence-corrected chi connectivity index (χ2v) is 9.57. The largest absolute Gasteiger partial charge is 0.349 e. The van der Waals surface area contributed by atoms with Gasteiger partial charge in [0.1, 0.15) is 11.5 Å². The molecule has 1 aliphatic carbocycles. The predicted octanol–water partition coefficient (Wildman–Crippen LogP) is 5.11. The van der Waals surface area contributed by atoms with E-state index in [2.05, 4.69) is 30.1 Å². The first-order chi connectivity index (χ1) is 14.6. The van der Waals surface area contributed by atoms with E-state index in [0.29, 0.717) is 25.9 Å². The van der Waals surface area contributed by atoms with Gasteiger partial charge in [-0.05, 0) is 49.3 Å². The highest BCUT2D eigenvalue weighted by Crippen LogP contribution is 2.35. The zero-order valence-corrected chi connectivity index (χ0v) is 19.9. The third kappa shape index (κ3) is 7.26. The summed E-state index contributed by atoms with van der Waals surface area (Å²) in [6.45, 7) is 10.4. The van der Waals surface area contributed by atoms with E-state index in [1.807, 2.05) is 13.8 Å². The molecule has 0 bridgehead atoms. The number of nitrogens with two attached hydrogens (primary N) is 1. The number of nitrogens with zero attached hydrogens (tertiary/aromatic N) is 1. The number of hydrogen-bond donors (Lipinski definition) is 2. The summed E-state index contributed by atoms with van der Waals surface area (Å²) in [5.74, 6) is -1.11. The smallest absolute Gasteiger partial charge is 0.251 e. The maximum Gasteiger partial charge on any atom is 0.251 e. The Hall–Kier alpha value is -1.50. The van der Waals surface area contributed by atoms with Gasteiger partial charge in [0.05, 0.1) is 6.54 Å². The molecule has 0 radical (unpaired) electrons. The van der Waals surface area contributed by atoms with Crippen LogP contribution in [-0.2, 0) is 0 Å². The molecule has 1 atom stereocenters. The van der Waals surface area contributed by atoms with Crippen molar-refractivity contribution in [1.82, 2.24) is 10.2 Å². The lowest BCUT2D eigenvalue weighted by molar-refractivity contribution is 0.0566. The molecule has 0 aromatic heterocycles. The van der Waals surface area contributed by atoms with E-state index >= 15 is 4.39 Å². The molecule has 4 nitrogen and oxygen atoms in total. The molecule has 1 amide bonds. The Kier molecular flexibility index (Phi) is 9.04. The lowest BCUT2D eigenvalue weighted by atomic mass is 9.73. The van der Waals surface area contributed by atoms with Gasteiger partial charge in [-0.2, -0.15) is 0 Å². The molecule has 0 unspecified atom stereocenters. The van der Waals surface area contributed by atoms with E-state index in [9.17, 15) is 9.18 Å². The number of benzene rings is 1. The van der Waals surface area contributed by atoms with Crippen molar-refractivity contribution in [3.05, 3.63) is 46.3 Å². The Morgan fingerprint density at radius 2 is 1.90 bits per heavy atom. The molecule has 1 aromatic rings. The summed E-state index contributed by atoms with van der Waals surface area (Å²) in [4.78, 5) is 14.5. The molecule has 1 heterocycles. The van der Waals surface area contributed by atoms with Crippen LogP contribution in [0.5, 0.6) is 0 Å². The second kappa shape index (κ2) is 10.9. The van der Waals surface area contributed by atoms with Gasteiger partial charge < -0.3 is 11.1 Å². The van der Waals surface area contributed by atoms with Crippen molar-refractivity contribution in [2.45, 2.75) is 65.1 Å². The van der Waals surface area contributed by atoms with Crippen molar-refractivity contribution >= 4 is 17.5 Å². The monoisotopic (exact) mass is 455 g/mol. The summed E-state index contributed by atoms with van der Waals surface area (Å²) < 4.78 is 28.6. The molecule has 31 heavy (non-hydrogen) atoms. The zero-order chi connectivity index (χ0) is 23.2. The summed E-state index contributed by atoms with van der Waals surface area (Å²) in [6, 6.07) is 3.78. The molecular weight excluding hydrogens is 420 g/mol. The molecule has 0 spiro atoms. The number of likely N-dealkylation sites (tertiary alicyclic amines) is 1. The van der Waals surface area contributed by atoms with Crippen molar-refractivity contribution in [2.24, 2.45) is 11.1 Å². The predicted molar refractivity (Wildman–Crippen MR) is 124 cm³/mol. The Bertz CT molecular complexity index is 769. The normalized spacial score (nSPS) is 22.7. The fourth-order valence-corrected chi connectivity index (χ4v) is 4.34. The van der Waals surface area contributed by atoms with Gasteiger partial charge in [-0.3, -0.25) is 9.69 Å². The Labute approximate surface area is 190 Å². The molecule has 2 aliphatic rings. The first-order valence-corrected chi connectivity index (χ1v) is 11.5. The maximum atomic E-state index is 15.2. The molecule has 1 saturated heterocycles. The SMILES string of the molecule is CC.CC1(C)CC(CN2CCC(F)(CNC(=O)c3cc(F)cc(Cl)c3)CC2)=CC[C@H]1N. The summed E-state index contributed by atoms with van der Waals surface area (Å²) in [7, 11) is 0. The highest BCUT2D eigenvalue weighted by molar-refractivity contribution is 6.31. The molecule has 3 rings (SSSR count). The standard InChI is InChI=1S/C22H30ClF2N3O.C2H6/c1-21(2)12-15(3-4-19(21)26)13-28-7-5-22(25,6-8-28)14-27-20(29)16-9-17(23)11-18(24)10-16;1-2/h3,9-11,19H,4-8,12-14,26H2,1-2H3,(H,27,29);1-2H3/t19-;/m1./s1. The first-order valence-electron chi connectivity index (χ1n) is 11.2. The second-order valence-electron chi connectivity index (χ2n) is 9.14. The van der Waals surface area contributed by atoms with Gasteiger partial charge in [-0.25, -0.2) is 8.78 Å². The van der Waals surface area contributed by atoms with Gasteiger partial charge in [0.25, 0.3) is 5.91 Å². The number of halogens is 3. The van der Waals surface area contributed by atoms with Gasteiger partial charge in [-0.15, -0.1) is 0 Å². The van der Waals surface area contributed by atoms with Gasteiger partial charge in [0.15, 0.2) is 0 Å². The molecule has 174 valence electrons. The molecule has 1 fully saturated rings. The van der Waals surface area contributed by atoms with Crippen molar-refractivity contribution in [3.8, 4) is 0 Å². The Morgan fingerprint density at radius 1 is 1.26 bits per heavy atom. The first kappa shape index (κ1) is 25.8. The molecular formula is C24H36ClF2N3O. The summed E-state index contributed by atoms with van der Waals surface area (Å²) in [6.07, 6.45) is 4.80. The van der Waals surface area contributed by atoms with E-state index in [1.54, 1.807) is 0 Å². The summed E-state index contributed by atoms with van der Waals surface area (Å²) >= 11 is 5.78. The van der Waals surface area contributed by atoms with E-state index < -0.39 is 17.4 Å². The van der Waals surface area contributed by atoms with E-state index in [0.717, 1.165) is 31.5 Å². The van der Waals surface area contributed by atoms with Gasteiger partial charge in [0, 0.05) is 36.3 Å². The minimum absolute atomic E-state index is 0.0849. The fraction of sp³-hybridized carbons (Fsp3) is 0.625. The van der Waals surface area contributed by atoms with Crippen LogP contribution in [-0.4, -0.2) is 48.7 Å². The van der Waals surface area contributed by atoms with Gasteiger partial charge in [0.2, 0.25) is 0 Å². The highest BCUT2D eigenvalue weighted by atomic mass is 35.5. The number of piperidine rings is 1. The van der Waals surface area contributed by atoms with Crippen LogP contribution in [0.15, 0.2) is 29.8 Å². The van der Waals surface area contributed by atoms with Crippen molar-refractivity contribution in [3.63, 3.8) is 0 Å². The van der Waals surface area contributed by atoms with E-state index in [4.69, 9.17) is 17.3 Å². The maximum absolute atomic E-state index is 15.2. The highest BCUT2D eigenvalue weighted by Gasteiger charge is 2.36. The van der Waals surface area contributed by atoms with Gasteiger partial charge >= 0.3 is 0 Å². The van der Waals surface area contributed by atoms with Gasteiger partial charge in [-0.1, -0.05) is 50.9 Å². The lowest BCUT2D eigenvalue weighted by Gasteiger charge is -2.40. The molecule has 0 saturated carbocycles. The van der Waals surface area contributed by atoms with Crippen LogP contribution in [0.4, 0.5) is 8.78 Å². The minimum atomic E-state index is -1.45. The van der Waals surface area contributed by atoms with Crippen LogP contribution >= 0.6 is 11.6 Å². The third-order valence-corrected chi connectivity index (χ3v) is 6.43. The molecule has 7 heteroatoms. The lowest BCUT2D eigenvalue weighted by Crippen LogP contribution is -2.49. The topological polar surface area (TPSA) is 58.4 Å². The zero-order valence-electron chi connectivity index (χ0n) is 19.1. The van der Waals surface area contributed by atoms with Crippen LogP contribution in [0.1, 0.15) is 63.7 Å². The minimum Gasteiger partial charge on any atom is -0.349 e. The number of carbonyl (C=O) groups excluding carboxylic acids is 1. The quantitative estimate of drug-likeness (QED) is 0.606. The average Bonchev–Trinajstić information content (AvgIpc) is 2.71.